The van der Waals surface area contributed by atoms with E-state index in [1.807, 2.05) is 18.2 Å². The lowest BCUT2D eigenvalue weighted by Crippen LogP contribution is -2.19. The van der Waals surface area contributed by atoms with Crippen LogP contribution in [0.15, 0.2) is 69.6 Å². The lowest BCUT2D eigenvalue weighted by atomic mass is 10.0. The van der Waals surface area contributed by atoms with Crippen molar-refractivity contribution in [2.75, 3.05) is 0 Å². The number of nitrogens with zero attached hydrogens (tertiary/aromatic N) is 3. The van der Waals surface area contributed by atoms with E-state index in [0.29, 0.717) is 17.0 Å². The summed E-state index contributed by atoms with van der Waals surface area (Å²) in [5.74, 6) is 0.104. The summed E-state index contributed by atoms with van der Waals surface area (Å²) in [5.41, 5.74) is 1.11. The van der Waals surface area contributed by atoms with Crippen molar-refractivity contribution in [3.8, 4) is 5.75 Å². The minimum absolute atomic E-state index is 0.154. The van der Waals surface area contributed by atoms with Crippen LogP contribution in [0, 0.1) is 0 Å². The topological polar surface area (TPSA) is 63.4 Å². The molecule has 0 saturated heterocycles. The SMILES string of the molecule is O=C(Oc1ccccc1)C1=CC2=NN=NC2C=C1. The van der Waals surface area contributed by atoms with Crippen molar-refractivity contribution in [3.05, 3.63) is 54.1 Å². The van der Waals surface area contributed by atoms with Gasteiger partial charge in [-0.1, -0.05) is 24.3 Å². The number of rotatable bonds is 2. The molecule has 0 spiro atoms. The van der Waals surface area contributed by atoms with Crippen LogP contribution in [0.25, 0.3) is 0 Å². The second-order valence-electron chi connectivity index (χ2n) is 3.84. The van der Waals surface area contributed by atoms with Gasteiger partial charge < -0.3 is 4.74 Å². The van der Waals surface area contributed by atoms with Gasteiger partial charge in [-0.15, -0.1) is 5.10 Å². The molecule has 2 aliphatic rings. The van der Waals surface area contributed by atoms with Crippen LogP contribution >= 0.6 is 0 Å². The van der Waals surface area contributed by atoms with Gasteiger partial charge in [0.2, 0.25) is 0 Å². The highest BCUT2D eigenvalue weighted by molar-refractivity contribution is 6.09. The second-order valence-corrected chi connectivity index (χ2v) is 3.84. The average Bonchev–Trinajstić information content (AvgIpc) is 2.87. The molecule has 1 aromatic carbocycles. The van der Waals surface area contributed by atoms with Crippen LogP contribution in [0.1, 0.15) is 0 Å². The molecule has 88 valence electrons. The lowest BCUT2D eigenvalue weighted by Gasteiger charge is -2.09. The summed E-state index contributed by atoms with van der Waals surface area (Å²) in [7, 11) is 0. The third-order valence-electron chi connectivity index (χ3n) is 2.59. The first kappa shape index (κ1) is 10.6. The fourth-order valence-corrected chi connectivity index (χ4v) is 1.69. The molecule has 1 heterocycles. The van der Waals surface area contributed by atoms with Crippen LogP contribution in [0.2, 0.25) is 0 Å². The molecule has 3 rings (SSSR count). The zero-order valence-electron chi connectivity index (χ0n) is 9.35. The molecule has 0 bridgehead atoms. The Labute approximate surface area is 103 Å². The van der Waals surface area contributed by atoms with E-state index in [9.17, 15) is 4.79 Å². The molecule has 0 aromatic heterocycles. The summed E-state index contributed by atoms with van der Waals surface area (Å²) in [6.45, 7) is 0. The molecule has 0 amide bonds. The predicted octanol–water partition coefficient (Wildman–Crippen LogP) is 2.28. The molecule has 0 radical (unpaired) electrons. The number of benzene rings is 1. The Hall–Kier alpha value is -2.56. The van der Waals surface area contributed by atoms with Crippen LogP contribution < -0.4 is 4.74 Å². The van der Waals surface area contributed by atoms with Crippen LogP contribution in [0.3, 0.4) is 0 Å². The molecule has 1 aliphatic heterocycles. The Morgan fingerprint density at radius 3 is 2.89 bits per heavy atom. The van der Waals surface area contributed by atoms with Crippen molar-refractivity contribution in [1.82, 2.24) is 0 Å². The van der Waals surface area contributed by atoms with Gasteiger partial charge in [-0.25, -0.2) is 4.79 Å². The largest absolute Gasteiger partial charge is 0.423 e. The van der Waals surface area contributed by atoms with Gasteiger partial charge in [0, 0.05) is 0 Å². The summed E-state index contributed by atoms with van der Waals surface area (Å²) in [4.78, 5) is 11.9. The summed E-state index contributed by atoms with van der Waals surface area (Å²) in [6.07, 6.45) is 5.10. The van der Waals surface area contributed by atoms with E-state index in [2.05, 4.69) is 15.4 Å². The maximum absolute atomic E-state index is 11.9. The Morgan fingerprint density at radius 2 is 2.06 bits per heavy atom. The van der Waals surface area contributed by atoms with Crippen molar-refractivity contribution < 1.29 is 9.53 Å². The molecule has 1 aliphatic carbocycles. The number of ether oxygens (including phenoxy) is 1. The van der Waals surface area contributed by atoms with E-state index >= 15 is 0 Å². The average molecular weight is 239 g/mol. The Kier molecular flexibility index (Phi) is 2.57. The summed E-state index contributed by atoms with van der Waals surface area (Å²) < 4.78 is 5.23. The molecular formula is C13H9N3O2. The fourth-order valence-electron chi connectivity index (χ4n) is 1.69. The highest BCUT2D eigenvalue weighted by atomic mass is 16.5. The monoisotopic (exact) mass is 239 g/mol. The van der Waals surface area contributed by atoms with E-state index in [4.69, 9.17) is 4.74 Å². The molecule has 0 saturated carbocycles. The van der Waals surface area contributed by atoms with Gasteiger partial charge in [-0.2, -0.15) is 5.11 Å². The third-order valence-corrected chi connectivity index (χ3v) is 2.59. The Morgan fingerprint density at radius 1 is 1.22 bits per heavy atom. The van der Waals surface area contributed by atoms with E-state index in [1.54, 1.807) is 30.4 Å². The fraction of sp³-hybridized carbons (Fsp3) is 0.0769. The van der Waals surface area contributed by atoms with Crippen LogP contribution in [0.4, 0.5) is 0 Å². The number of hydrogen-bond acceptors (Lipinski definition) is 5. The number of carbonyl (C=O) groups is 1. The molecule has 0 fully saturated rings. The molecule has 1 unspecified atom stereocenters. The van der Waals surface area contributed by atoms with Gasteiger partial charge in [0.15, 0.2) is 0 Å². The maximum Gasteiger partial charge on any atom is 0.343 e. The number of carbonyl (C=O) groups excluding carboxylic acids is 1. The van der Waals surface area contributed by atoms with Crippen molar-refractivity contribution in [2.24, 2.45) is 15.4 Å². The van der Waals surface area contributed by atoms with Crippen LogP contribution in [-0.4, -0.2) is 17.7 Å². The zero-order valence-corrected chi connectivity index (χ0v) is 9.35. The summed E-state index contributed by atoms with van der Waals surface area (Å²) in [5, 5.41) is 11.3. The van der Waals surface area contributed by atoms with Gasteiger partial charge >= 0.3 is 5.97 Å². The van der Waals surface area contributed by atoms with Crippen molar-refractivity contribution in [3.63, 3.8) is 0 Å². The Bertz CT molecular complexity index is 600. The van der Waals surface area contributed by atoms with Gasteiger partial charge in [-0.3, -0.25) is 0 Å². The highest BCUT2D eigenvalue weighted by Crippen LogP contribution is 2.18. The third kappa shape index (κ3) is 1.98. The van der Waals surface area contributed by atoms with Gasteiger partial charge in [0.1, 0.15) is 11.8 Å². The molecule has 0 N–H and O–H groups in total. The second kappa shape index (κ2) is 4.37. The standard InChI is InChI=1S/C13H9N3O2/c17-13(18-10-4-2-1-3-5-10)9-6-7-11-12(8-9)15-16-14-11/h1-8,11H. The van der Waals surface area contributed by atoms with E-state index in [-0.39, 0.29) is 6.04 Å². The first-order valence-electron chi connectivity index (χ1n) is 5.48. The minimum atomic E-state index is -0.412. The molecule has 5 heteroatoms. The van der Waals surface area contributed by atoms with Crippen molar-refractivity contribution >= 4 is 11.7 Å². The van der Waals surface area contributed by atoms with E-state index in [1.165, 1.54) is 0 Å². The van der Waals surface area contributed by atoms with Crippen LogP contribution in [-0.2, 0) is 4.79 Å². The molecule has 18 heavy (non-hydrogen) atoms. The molecule has 1 aromatic rings. The minimum Gasteiger partial charge on any atom is -0.423 e. The number of hydrogen-bond donors (Lipinski definition) is 0. The highest BCUT2D eigenvalue weighted by Gasteiger charge is 2.22. The first-order valence-corrected chi connectivity index (χ1v) is 5.48. The smallest absolute Gasteiger partial charge is 0.343 e. The molecule has 1 atom stereocenters. The first-order chi connectivity index (χ1) is 8.83. The van der Waals surface area contributed by atoms with Crippen molar-refractivity contribution in [1.29, 1.82) is 0 Å². The molecule has 5 nitrogen and oxygen atoms in total. The number of fused-ring (bicyclic) bond motifs is 1. The normalized spacial score (nSPS) is 20.1. The molecular weight excluding hydrogens is 230 g/mol. The summed E-state index contributed by atoms with van der Waals surface area (Å²) >= 11 is 0. The van der Waals surface area contributed by atoms with Gasteiger partial charge in [0.05, 0.1) is 11.3 Å². The summed E-state index contributed by atoms with van der Waals surface area (Å²) in [6, 6.07) is 8.78. The van der Waals surface area contributed by atoms with Crippen molar-refractivity contribution in [2.45, 2.75) is 6.04 Å². The maximum atomic E-state index is 11.9. The lowest BCUT2D eigenvalue weighted by molar-refractivity contribution is -0.129. The zero-order chi connectivity index (χ0) is 12.4. The predicted molar refractivity (Wildman–Crippen MR) is 65.4 cm³/mol. The van der Waals surface area contributed by atoms with E-state index < -0.39 is 5.97 Å². The van der Waals surface area contributed by atoms with Gasteiger partial charge in [0.25, 0.3) is 0 Å². The quantitative estimate of drug-likeness (QED) is 0.587. The van der Waals surface area contributed by atoms with E-state index in [0.717, 1.165) is 0 Å². The number of esters is 1. The number of para-hydroxylation sites is 1. The van der Waals surface area contributed by atoms with Crippen LogP contribution in [0.5, 0.6) is 5.75 Å². The Balaban J connectivity index is 1.76. The van der Waals surface area contributed by atoms with Gasteiger partial charge in [-0.05, 0) is 29.5 Å².